The number of sulfonamides is 1. The number of halogens is 1. The Morgan fingerprint density at radius 1 is 1.04 bits per heavy atom. The van der Waals surface area contributed by atoms with Crippen molar-refractivity contribution in [1.82, 2.24) is 4.98 Å². The third kappa shape index (κ3) is 3.74. The lowest BCUT2D eigenvalue weighted by Crippen LogP contribution is -2.22. The van der Waals surface area contributed by atoms with Crippen LogP contribution >= 0.6 is 11.6 Å². The molecule has 0 unspecified atom stereocenters. The van der Waals surface area contributed by atoms with Crippen molar-refractivity contribution in [2.24, 2.45) is 0 Å². The van der Waals surface area contributed by atoms with Gasteiger partial charge in [0, 0.05) is 6.20 Å². The maximum Gasteiger partial charge on any atom is 0.268 e. The lowest BCUT2D eigenvalue weighted by molar-refractivity contribution is 0.417. The van der Waals surface area contributed by atoms with Gasteiger partial charge in [-0.3, -0.25) is 9.52 Å². The molecule has 3 aromatic rings. The number of ether oxygens (including phenoxy) is 1. The number of H-pyrrole nitrogens is 1. The van der Waals surface area contributed by atoms with Crippen LogP contribution < -0.4 is 15.0 Å². The largest absolute Gasteiger partial charge is 0.495 e. The Morgan fingerprint density at radius 2 is 1.77 bits per heavy atom. The van der Waals surface area contributed by atoms with Crippen molar-refractivity contribution in [3.05, 3.63) is 76.2 Å². The molecule has 134 valence electrons. The van der Waals surface area contributed by atoms with Crippen LogP contribution in [-0.2, 0) is 10.0 Å². The summed E-state index contributed by atoms with van der Waals surface area (Å²) in [7, 11) is -2.72. The number of aromatic amines is 1. The number of pyridine rings is 1. The lowest BCUT2D eigenvalue weighted by Gasteiger charge is -2.13. The highest BCUT2D eigenvalue weighted by Gasteiger charge is 2.21. The van der Waals surface area contributed by atoms with Gasteiger partial charge in [-0.2, -0.15) is 0 Å². The Bertz CT molecular complexity index is 1100. The molecule has 1 aromatic heterocycles. The lowest BCUT2D eigenvalue weighted by atomic mass is 10.1. The summed E-state index contributed by atoms with van der Waals surface area (Å²) in [6, 6.07) is 15.7. The molecule has 0 bridgehead atoms. The van der Waals surface area contributed by atoms with Gasteiger partial charge < -0.3 is 9.72 Å². The maximum atomic E-state index is 12.6. The molecule has 3 rings (SSSR count). The van der Waals surface area contributed by atoms with Crippen molar-refractivity contribution in [3.63, 3.8) is 0 Å². The molecule has 0 aliphatic heterocycles. The van der Waals surface area contributed by atoms with E-state index in [2.05, 4.69) is 9.71 Å². The van der Waals surface area contributed by atoms with Gasteiger partial charge in [0.05, 0.1) is 17.8 Å². The van der Waals surface area contributed by atoms with E-state index in [0.29, 0.717) is 5.75 Å². The molecule has 0 aliphatic carbocycles. The number of benzene rings is 2. The van der Waals surface area contributed by atoms with Gasteiger partial charge in [0.25, 0.3) is 15.6 Å². The molecule has 0 saturated heterocycles. The smallest absolute Gasteiger partial charge is 0.268 e. The number of methoxy groups -OCH3 is 1. The number of aromatic nitrogens is 1. The van der Waals surface area contributed by atoms with Crippen LogP contribution in [0, 0.1) is 0 Å². The SMILES string of the molecule is COc1ccc(-c2ccccc2)cc1NS(=O)(=O)c1cc(Cl)c[nH]c1=O. The quantitative estimate of drug-likeness (QED) is 0.697. The zero-order chi connectivity index (χ0) is 18.7. The van der Waals surface area contributed by atoms with Crippen LogP contribution in [0.2, 0.25) is 5.02 Å². The van der Waals surface area contributed by atoms with Crippen LogP contribution in [0.1, 0.15) is 0 Å². The summed E-state index contributed by atoms with van der Waals surface area (Å²) in [6.45, 7) is 0. The van der Waals surface area contributed by atoms with Crippen LogP contribution in [-0.4, -0.2) is 20.5 Å². The van der Waals surface area contributed by atoms with E-state index in [0.717, 1.165) is 17.2 Å². The fourth-order valence-electron chi connectivity index (χ4n) is 2.44. The fraction of sp³-hybridized carbons (Fsp3) is 0.0556. The first-order valence-electron chi connectivity index (χ1n) is 7.55. The minimum Gasteiger partial charge on any atom is -0.495 e. The van der Waals surface area contributed by atoms with Crippen LogP contribution in [0.5, 0.6) is 5.75 Å². The zero-order valence-electron chi connectivity index (χ0n) is 13.7. The average molecular weight is 391 g/mol. The molecule has 26 heavy (non-hydrogen) atoms. The third-order valence-corrected chi connectivity index (χ3v) is 5.26. The summed E-state index contributed by atoms with van der Waals surface area (Å²) in [5.41, 5.74) is 1.16. The summed E-state index contributed by atoms with van der Waals surface area (Å²) in [4.78, 5) is 13.7. The first kappa shape index (κ1) is 18.0. The highest BCUT2D eigenvalue weighted by atomic mass is 35.5. The molecule has 0 fully saturated rings. The first-order valence-corrected chi connectivity index (χ1v) is 9.41. The normalized spacial score (nSPS) is 11.2. The number of anilines is 1. The van der Waals surface area contributed by atoms with E-state index >= 15 is 0 Å². The third-order valence-electron chi connectivity index (χ3n) is 3.67. The molecule has 2 N–H and O–H groups in total. The van der Waals surface area contributed by atoms with Crippen molar-refractivity contribution in [2.75, 3.05) is 11.8 Å². The molecule has 0 radical (unpaired) electrons. The molecule has 2 aromatic carbocycles. The summed E-state index contributed by atoms with van der Waals surface area (Å²) < 4.78 is 32.9. The minimum absolute atomic E-state index is 0.106. The summed E-state index contributed by atoms with van der Waals surface area (Å²) in [5.74, 6) is 0.326. The second-order valence-electron chi connectivity index (χ2n) is 5.40. The standard InChI is InChI=1S/C18H15ClN2O4S/c1-25-16-8-7-13(12-5-3-2-4-6-12)9-15(16)21-26(23,24)17-10-14(19)11-20-18(17)22/h2-11,21H,1H3,(H,20,22). The van der Waals surface area contributed by atoms with E-state index in [1.165, 1.54) is 13.3 Å². The number of hydrogen-bond donors (Lipinski definition) is 2. The van der Waals surface area contributed by atoms with E-state index < -0.39 is 20.5 Å². The van der Waals surface area contributed by atoms with E-state index in [9.17, 15) is 13.2 Å². The highest BCUT2D eigenvalue weighted by Crippen LogP contribution is 2.32. The van der Waals surface area contributed by atoms with E-state index in [1.54, 1.807) is 12.1 Å². The van der Waals surface area contributed by atoms with Crippen LogP contribution in [0.4, 0.5) is 5.69 Å². The van der Waals surface area contributed by atoms with E-state index in [-0.39, 0.29) is 10.7 Å². The predicted octanol–water partition coefficient (Wildman–Crippen LogP) is 3.50. The fourth-order valence-corrected chi connectivity index (χ4v) is 3.81. The van der Waals surface area contributed by atoms with E-state index in [1.807, 2.05) is 36.4 Å². The summed E-state index contributed by atoms with van der Waals surface area (Å²) in [6.07, 6.45) is 1.22. The summed E-state index contributed by atoms with van der Waals surface area (Å²) >= 11 is 5.80. The maximum absolute atomic E-state index is 12.6. The van der Waals surface area contributed by atoms with Gasteiger partial charge >= 0.3 is 0 Å². The van der Waals surface area contributed by atoms with Crippen molar-refractivity contribution in [2.45, 2.75) is 4.90 Å². The topological polar surface area (TPSA) is 88.3 Å². The molecular weight excluding hydrogens is 376 g/mol. The Balaban J connectivity index is 2.06. The average Bonchev–Trinajstić information content (AvgIpc) is 2.64. The molecule has 0 atom stereocenters. The Kier molecular flexibility index (Phi) is 5.01. The van der Waals surface area contributed by atoms with Crippen LogP contribution in [0.25, 0.3) is 11.1 Å². The van der Waals surface area contributed by atoms with Gasteiger partial charge in [-0.25, -0.2) is 8.42 Å². The van der Waals surface area contributed by atoms with Crippen LogP contribution in [0.15, 0.2) is 70.5 Å². The van der Waals surface area contributed by atoms with Gasteiger partial charge in [0.2, 0.25) is 0 Å². The van der Waals surface area contributed by atoms with Gasteiger partial charge in [0.1, 0.15) is 5.75 Å². The first-order chi connectivity index (χ1) is 12.4. The molecule has 0 amide bonds. The Morgan fingerprint density at radius 3 is 2.46 bits per heavy atom. The molecule has 1 heterocycles. The van der Waals surface area contributed by atoms with Crippen LogP contribution in [0.3, 0.4) is 0 Å². The number of hydrogen-bond acceptors (Lipinski definition) is 4. The monoisotopic (exact) mass is 390 g/mol. The molecule has 0 saturated carbocycles. The van der Waals surface area contributed by atoms with Gasteiger partial charge in [-0.15, -0.1) is 0 Å². The molecule has 0 spiro atoms. The predicted molar refractivity (Wildman–Crippen MR) is 101 cm³/mol. The highest BCUT2D eigenvalue weighted by molar-refractivity contribution is 7.92. The Labute approximate surface area is 155 Å². The minimum atomic E-state index is -4.16. The van der Waals surface area contributed by atoms with Crippen molar-refractivity contribution in [3.8, 4) is 16.9 Å². The summed E-state index contributed by atoms with van der Waals surface area (Å²) in [5, 5.41) is 0.106. The van der Waals surface area contributed by atoms with Gasteiger partial charge in [0.15, 0.2) is 4.90 Å². The van der Waals surface area contributed by atoms with Gasteiger partial charge in [-0.1, -0.05) is 48.0 Å². The number of rotatable bonds is 5. The zero-order valence-corrected chi connectivity index (χ0v) is 15.3. The van der Waals surface area contributed by atoms with Crippen molar-refractivity contribution in [1.29, 1.82) is 0 Å². The molecule has 8 heteroatoms. The molecule has 0 aliphatic rings. The second kappa shape index (κ2) is 7.23. The Hall–Kier alpha value is -2.77. The molecule has 6 nitrogen and oxygen atoms in total. The van der Waals surface area contributed by atoms with Crippen molar-refractivity contribution >= 4 is 27.3 Å². The molecular formula is C18H15ClN2O4S. The second-order valence-corrected chi connectivity index (χ2v) is 7.49. The van der Waals surface area contributed by atoms with Gasteiger partial charge in [-0.05, 0) is 29.3 Å². The number of nitrogens with one attached hydrogen (secondary N) is 2. The van der Waals surface area contributed by atoms with Crippen molar-refractivity contribution < 1.29 is 13.2 Å². The van der Waals surface area contributed by atoms with E-state index in [4.69, 9.17) is 16.3 Å².